The van der Waals surface area contributed by atoms with E-state index in [4.69, 9.17) is 5.73 Å². The average Bonchev–Trinajstić information content (AvgIpc) is 2.94. The molecule has 3 rings (SSSR count). The lowest BCUT2D eigenvalue weighted by atomic mass is 10.0. The van der Waals surface area contributed by atoms with Gasteiger partial charge in [-0.15, -0.1) is 0 Å². The Morgan fingerprint density at radius 1 is 1.35 bits per heavy atom. The minimum Gasteiger partial charge on any atom is -0.321 e. The average molecular weight is 229 g/mol. The van der Waals surface area contributed by atoms with E-state index < -0.39 is 0 Å². The highest BCUT2D eigenvalue weighted by atomic mass is 15.3. The Bertz CT molecular complexity index is 576. The Labute approximate surface area is 102 Å². The summed E-state index contributed by atoms with van der Waals surface area (Å²) in [6.45, 7) is 6.40. The fourth-order valence-electron chi connectivity index (χ4n) is 2.53. The van der Waals surface area contributed by atoms with Gasteiger partial charge in [-0.25, -0.2) is 0 Å². The first-order valence-electron chi connectivity index (χ1n) is 6.30. The number of fused-ring (bicyclic) bond motifs is 1. The molecule has 1 heterocycles. The number of benzene rings is 1. The maximum absolute atomic E-state index is 6.37. The topological polar surface area (TPSA) is 43.8 Å². The second-order valence-electron chi connectivity index (χ2n) is 5.48. The van der Waals surface area contributed by atoms with E-state index in [-0.39, 0.29) is 5.54 Å². The van der Waals surface area contributed by atoms with Crippen LogP contribution in [0.2, 0.25) is 0 Å². The van der Waals surface area contributed by atoms with Crippen molar-refractivity contribution in [3.63, 3.8) is 0 Å². The molecule has 3 heteroatoms. The van der Waals surface area contributed by atoms with Gasteiger partial charge in [0.1, 0.15) is 0 Å². The van der Waals surface area contributed by atoms with Gasteiger partial charge in [0.25, 0.3) is 0 Å². The van der Waals surface area contributed by atoms with Gasteiger partial charge >= 0.3 is 0 Å². The molecule has 0 aliphatic heterocycles. The van der Waals surface area contributed by atoms with Crippen LogP contribution < -0.4 is 5.73 Å². The molecule has 1 aliphatic rings. The number of aromatic nitrogens is 2. The minimum atomic E-state index is -0.0986. The van der Waals surface area contributed by atoms with E-state index in [2.05, 4.69) is 48.8 Å². The lowest BCUT2D eigenvalue weighted by Crippen LogP contribution is -2.20. The van der Waals surface area contributed by atoms with Crippen LogP contribution in [0, 0.1) is 6.92 Å². The Morgan fingerprint density at radius 2 is 2.06 bits per heavy atom. The van der Waals surface area contributed by atoms with Crippen molar-refractivity contribution >= 4 is 10.9 Å². The lowest BCUT2D eigenvalue weighted by molar-refractivity contribution is 0.543. The highest BCUT2D eigenvalue weighted by Gasteiger charge is 2.42. The fourth-order valence-corrected chi connectivity index (χ4v) is 2.53. The second kappa shape index (κ2) is 3.33. The summed E-state index contributed by atoms with van der Waals surface area (Å²) in [6.07, 6.45) is 2.18. The van der Waals surface area contributed by atoms with E-state index >= 15 is 0 Å². The third kappa shape index (κ3) is 1.49. The highest BCUT2D eigenvalue weighted by molar-refractivity contribution is 5.86. The van der Waals surface area contributed by atoms with Crippen molar-refractivity contribution in [1.82, 2.24) is 9.78 Å². The van der Waals surface area contributed by atoms with Crippen molar-refractivity contribution in [2.45, 2.75) is 45.2 Å². The van der Waals surface area contributed by atoms with Gasteiger partial charge in [0.15, 0.2) is 0 Å². The maximum Gasteiger partial charge on any atom is 0.0738 e. The van der Waals surface area contributed by atoms with E-state index in [0.29, 0.717) is 6.04 Å². The zero-order valence-corrected chi connectivity index (χ0v) is 10.7. The first-order valence-corrected chi connectivity index (χ1v) is 6.30. The van der Waals surface area contributed by atoms with Crippen molar-refractivity contribution in [2.75, 3.05) is 0 Å². The molecule has 90 valence electrons. The third-order valence-electron chi connectivity index (χ3n) is 3.73. The number of rotatable bonds is 2. The number of aryl methyl sites for hydroxylation is 1. The second-order valence-corrected chi connectivity index (χ2v) is 5.48. The summed E-state index contributed by atoms with van der Waals surface area (Å²) in [5.74, 6) is 0. The highest BCUT2D eigenvalue weighted by Crippen LogP contribution is 2.45. The van der Waals surface area contributed by atoms with E-state index in [0.717, 1.165) is 18.5 Å². The van der Waals surface area contributed by atoms with Gasteiger partial charge in [0.05, 0.1) is 11.2 Å². The first-order chi connectivity index (χ1) is 8.03. The van der Waals surface area contributed by atoms with Gasteiger partial charge < -0.3 is 5.73 Å². The molecule has 1 fully saturated rings. The summed E-state index contributed by atoms with van der Waals surface area (Å²) < 4.78 is 2.12. The SMILES string of the molecule is Cc1nn(C(C)C)c2c(C3(N)CC3)cccc12. The Morgan fingerprint density at radius 3 is 2.65 bits per heavy atom. The summed E-state index contributed by atoms with van der Waals surface area (Å²) in [7, 11) is 0. The quantitative estimate of drug-likeness (QED) is 0.860. The normalized spacial score (nSPS) is 17.9. The largest absolute Gasteiger partial charge is 0.321 e. The standard InChI is InChI=1S/C14H19N3/c1-9(2)17-13-11(10(3)16-17)5-4-6-12(13)14(15)7-8-14/h4-6,9H,7-8,15H2,1-3H3. The fraction of sp³-hybridized carbons (Fsp3) is 0.500. The van der Waals surface area contributed by atoms with Gasteiger partial charge in [0.2, 0.25) is 0 Å². The molecule has 0 radical (unpaired) electrons. The van der Waals surface area contributed by atoms with E-state index in [1.165, 1.54) is 16.5 Å². The molecule has 0 atom stereocenters. The summed E-state index contributed by atoms with van der Waals surface area (Å²) in [5.41, 5.74) is 9.87. The van der Waals surface area contributed by atoms with Gasteiger partial charge in [-0.2, -0.15) is 5.10 Å². The van der Waals surface area contributed by atoms with Gasteiger partial charge in [0, 0.05) is 17.0 Å². The van der Waals surface area contributed by atoms with Crippen molar-refractivity contribution < 1.29 is 0 Å². The van der Waals surface area contributed by atoms with E-state index in [1.54, 1.807) is 0 Å². The zero-order chi connectivity index (χ0) is 12.2. The molecule has 0 amide bonds. The van der Waals surface area contributed by atoms with E-state index in [1.807, 2.05) is 0 Å². The molecule has 0 saturated heterocycles. The Hall–Kier alpha value is -1.35. The number of nitrogens with two attached hydrogens (primary N) is 1. The molecular weight excluding hydrogens is 210 g/mol. The van der Waals surface area contributed by atoms with Gasteiger partial charge in [-0.05, 0) is 39.2 Å². The van der Waals surface area contributed by atoms with Gasteiger partial charge in [-0.1, -0.05) is 18.2 Å². The van der Waals surface area contributed by atoms with Crippen LogP contribution in [0.1, 0.15) is 44.0 Å². The van der Waals surface area contributed by atoms with Gasteiger partial charge in [-0.3, -0.25) is 4.68 Å². The summed E-state index contributed by atoms with van der Waals surface area (Å²) in [5, 5.41) is 5.90. The van der Waals surface area contributed by atoms with Crippen LogP contribution in [0.15, 0.2) is 18.2 Å². The van der Waals surface area contributed by atoms with Crippen LogP contribution in [0.3, 0.4) is 0 Å². The number of nitrogens with zero attached hydrogens (tertiary/aromatic N) is 2. The monoisotopic (exact) mass is 229 g/mol. The molecule has 17 heavy (non-hydrogen) atoms. The molecule has 0 bridgehead atoms. The van der Waals surface area contributed by atoms with Crippen LogP contribution in [0.25, 0.3) is 10.9 Å². The number of para-hydroxylation sites is 1. The van der Waals surface area contributed by atoms with Crippen LogP contribution in [0.5, 0.6) is 0 Å². The molecule has 2 aromatic rings. The van der Waals surface area contributed by atoms with Crippen molar-refractivity contribution in [3.8, 4) is 0 Å². The van der Waals surface area contributed by atoms with Crippen molar-refractivity contribution in [1.29, 1.82) is 0 Å². The molecule has 0 spiro atoms. The predicted octanol–water partition coefficient (Wildman–Crippen LogP) is 2.87. The summed E-state index contributed by atoms with van der Waals surface area (Å²) in [6, 6.07) is 6.78. The van der Waals surface area contributed by atoms with Crippen molar-refractivity contribution in [2.24, 2.45) is 5.73 Å². The van der Waals surface area contributed by atoms with Crippen LogP contribution in [0.4, 0.5) is 0 Å². The zero-order valence-electron chi connectivity index (χ0n) is 10.7. The maximum atomic E-state index is 6.37. The lowest BCUT2D eigenvalue weighted by Gasteiger charge is -2.15. The number of hydrogen-bond acceptors (Lipinski definition) is 2. The Balaban J connectivity index is 2.36. The molecule has 2 N–H and O–H groups in total. The van der Waals surface area contributed by atoms with Crippen LogP contribution in [-0.2, 0) is 5.54 Å². The predicted molar refractivity (Wildman–Crippen MR) is 70.0 cm³/mol. The first kappa shape index (κ1) is 10.8. The summed E-state index contributed by atoms with van der Waals surface area (Å²) >= 11 is 0. The van der Waals surface area contributed by atoms with E-state index in [9.17, 15) is 0 Å². The Kier molecular flexibility index (Phi) is 2.11. The smallest absolute Gasteiger partial charge is 0.0738 e. The summed E-state index contributed by atoms with van der Waals surface area (Å²) in [4.78, 5) is 0. The van der Waals surface area contributed by atoms with Crippen LogP contribution in [-0.4, -0.2) is 9.78 Å². The molecule has 1 aromatic carbocycles. The molecule has 0 unspecified atom stereocenters. The third-order valence-corrected chi connectivity index (χ3v) is 3.73. The molecule has 1 aliphatic carbocycles. The van der Waals surface area contributed by atoms with Crippen molar-refractivity contribution in [3.05, 3.63) is 29.5 Å². The minimum absolute atomic E-state index is 0.0986. The molecular formula is C14H19N3. The molecule has 1 saturated carbocycles. The number of hydrogen-bond donors (Lipinski definition) is 1. The molecule has 1 aromatic heterocycles. The van der Waals surface area contributed by atoms with Crippen LogP contribution >= 0.6 is 0 Å². The molecule has 3 nitrogen and oxygen atoms in total.